The van der Waals surface area contributed by atoms with Crippen LogP contribution in [0.2, 0.25) is 18.1 Å². The summed E-state index contributed by atoms with van der Waals surface area (Å²) in [4.78, 5) is 0. The number of methoxy groups -OCH3 is 1. The topological polar surface area (TPSA) is 18.5 Å². The first kappa shape index (κ1) is 19.9. The van der Waals surface area contributed by atoms with Crippen LogP contribution in [0.15, 0.2) is 18.2 Å². The maximum absolute atomic E-state index is 7.07. The molecule has 3 heteroatoms. The fraction of sp³-hybridized carbons (Fsp3) is 0.739. The van der Waals surface area contributed by atoms with Crippen molar-refractivity contribution < 1.29 is 9.16 Å². The van der Waals surface area contributed by atoms with Crippen molar-refractivity contribution in [1.29, 1.82) is 0 Å². The molecule has 0 heterocycles. The molecule has 0 radical (unpaired) electrons. The van der Waals surface area contributed by atoms with Crippen LogP contribution in [0.3, 0.4) is 0 Å². The Hall–Kier alpha value is -0.803. The van der Waals surface area contributed by atoms with Crippen LogP contribution in [0.5, 0.6) is 5.75 Å². The number of fused-ring (bicyclic) bond motifs is 3. The molecule has 0 aromatic heterocycles. The zero-order valence-corrected chi connectivity index (χ0v) is 19.1. The van der Waals surface area contributed by atoms with E-state index in [4.69, 9.17) is 9.16 Å². The molecule has 1 aromatic rings. The quantitative estimate of drug-likeness (QED) is 0.544. The Balaban J connectivity index is 1.86. The van der Waals surface area contributed by atoms with Gasteiger partial charge in [0, 0.05) is 0 Å². The van der Waals surface area contributed by atoms with Crippen molar-refractivity contribution in [3.8, 4) is 5.75 Å². The summed E-state index contributed by atoms with van der Waals surface area (Å²) in [5, 5.41) is 0.279. The maximum Gasteiger partial charge on any atom is 0.192 e. The molecule has 146 valence electrons. The van der Waals surface area contributed by atoms with Crippen molar-refractivity contribution in [2.24, 2.45) is 11.3 Å². The highest BCUT2D eigenvalue weighted by Gasteiger charge is 2.54. The number of hydrogen-bond donors (Lipinski definition) is 0. The number of ether oxygens (including phenoxy) is 1. The number of rotatable bonds is 5. The molecule has 3 atom stereocenters. The third-order valence-corrected chi connectivity index (χ3v) is 12.9. The fourth-order valence-electron chi connectivity index (χ4n) is 5.11. The first-order chi connectivity index (χ1) is 12.0. The van der Waals surface area contributed by atoms with Gasteiger partial charge in [-0.3, -0.25) is 0 Å². The summed E-state index contributed by atoms with van der Waals surface area (Å²) in [5.74, 6) is 2.27. The Bertz CT molecular complexity index is 664. The lowest BCUT2D eigenvalue weighted by Crippen LogP contribution is -2.50. The molecular weight excluding hydrogens is 336 g/mol. The van der Waals surface area contributed by atoms with Crippen LogP contribution in [0.1, 0.15) is 70.9 Å². The second-order valence-electron chi connectivity index (χ2n) is 10.2. The summed E-state index contributed by atoms with van der Waals surface area (Å²) < 4.78 is 12.5. The predicted octanol–water partition coefficient (Wildman–Crippen LogP) is 6.55. The summed E-state index contributed by atoms with van der Waals surface area (Å²) in [7, 11) is -0.0475. The van der Waals surface area contributed by atoms with Gasteiger partial charge in [0.1, 0.15) is 5.75 Å². The predicted molar refractivity (Wildman–Crippen MR) is 113 cm³/mol. The van der Waals surface area contributed by atoms with Gasteiger partial charge in [-0.2, -0.15) is 0 Å². The van der Waals surface area contributed by atoms with E-state index >= 15 is 0 Å². The molecule has 0 N–H and O–H groups in total. The van der Waals surface area contributed by atoms with Gasteiger partial charge < -0.3 is 9.16 Å². The molecule has 2 aliphatic rings. The summed E-state index contributed by atoms with van der Waals surface area (Å²) in [5.41, 5.74) is 3.32. The molecule has 0 aliphatic heterocycles. The van der Waals surface area contributed by atoms with E-state index in [-0.39, 0.29) is 10.5 Å². The smallest absolute Gasteiger partial charge is 0.192 e. The van der Waals surface area contributed by atoms with E-state index in [2.05, 4.69) is 65.9 Å². The van der Waals surface area contributed by atoms with E-state index in [9.17, 15) is 0 Å². The van der Waals surface area contributed by atoms with Gasteiger partial charge in [0.05, 0.1) is 13.2 Å². The Morgan fingerprint density at radius 1 is 1.19 bits per heavy atom. The molecule has 1 aromatic carbocycles. The molecule has 0 spiro atoms. The summed E-state index contributed by atoms with van der Waals surface area (Å²) in [6, 6.07) is 6.71. The molecule has 0 bridgehead atoms. The van der Waals surface area contributed by atoms with Gasteiger partial charge in [-0.25, -0.2) is 0 Å². The first-order valence-electron chi connectivity index (χ1n) is 10.4. The van der Waals surface area contributed by atoms with Crippen molar-refractivity contribution in [1.82, 2.24) is 0 Å². The molecule has 0 amide bonds. The molecule has 2 nitrogen and oxygen atoms in total. The van der Waals surface area contributed by atoms with E-state index in [1.165, 1.54) is 24.8 Å². The highest BCUT2D eigenvalue weighted by Crippen LogP contribution is 2.58. The van der Waals surface area contributed by atoms with Gasteiger partial charge in [0.2, 0.25) is 0 Å². The summed E-state index contributed by atoms with van der Waals surface area (Å²) in [6.45, 7) is 16.9. The summed E-state index contributed by atoms with van der Waals surface area (Å²) in [6.07, 6.45) is 5.25. The van der Waals surface area contributed by atoms with Gasteiger partial charge in [0.25, 0.3) is 0 Å². The minimum Gasteiger partial charge on any atom is -0.497 e. The Morgan fingerprint density at radius 2 is 1.88 bits per heavy atom. The maximum atomic E-state index is 7.07. The Labute approximate surface area is 161 Å². The number of hydrogen-bond acceptors (Lipinski definition) is 2. The average molecular weight is 375 g/mol. The van der Waals surface area contributed by atoms with Crippen molar-refractivity contribution in [2.45, 2.75) is 90.5 Å². The van der Waals surface area contributed by atoms with Crippen LogP contribution < -0.4 is 4.74 Å². The zero-order valence-electron chi connectivity index (χ0n) is 18.1. The van der Waals surface area contributed by atoms with E-state index in [0.29, 0.717) is 17.9 Å². The van der Waals surface area contributed by atoms with Gasteiger partial charge in [-0.15, -0.1) is 0 Å². The van der Waals surface area contributed by atoms with Crippen molar-refractivity contribution in [2.75, 3.05) is 7.11 Å². The van der Waals surface area contributed by atoms with Crippen LogP contribution in [0.4, 0.5) is 0 Å². The monoisotopic (exact) mass is 374 g/mol. The third-order valence-electron chi connectivity index (χ3n) is 8.34. The second-order valence-corrected chi connectivity index (χ2v) is 14.7. The van der Waals surface area contributed by atoms with Crippen molar-refractivity contribution in [3.63, 3.8) is 0 Å². The van der Waals surface area contributed by atoms with E-state index in [1.807, 2.05) is 0 Å². The molecule has 1 saturated carbocycles. The van der Waals surface area contributed by atoms with Crippen LogP contribution in [-0.4, -0.2) is 21.5 Å². The summed E-state index contributed by atoms with van der Waals surface area (Å²) >= 11 is 0. The lowest BCUT2D eigenvalue weighted by atomic mass is 9.66. The first-order valence-corrected chi connectivity index (χ1v) is 13.3. The minimum atomic E-state index is -1.81. The highest BCUT2D eigenvalue weighted by molar-refractivity contribution is 6.74. The van der Waals surface area contributed by atoms with Gasteiger partial charge in [-0.1, -0.05) is 40.7 Å². The van der Waals surface area contributed by atoms with Gasteiger partial charge in [-0.05, 0) is 84.3 Å². The van der Waals surface area contributed by atoms with Crippen LogP contribution in [0.25, 0.3) is 0 Å². The molecular formula is C23H38O2Si. The standard InChI is InChI=1S/C23H38O2Si/c1-16(2)22(3,4)26(7,8)25-21-12-11-20-19-10-9-18(24-6)15-17(19)13-14-23(20,21)5/h9-10,15-16,20-21H,11-14H2,1-8H3/t20-,21+,23-/m0/s1. The largest absolute Gasteiger partial charge is 0.497 e. The molecule has 0 unspecified atom stereocenters. The SMILES string of the molecule is COc1ccc2c(c1)CC[C@]1(C)[C@H](O[Si](C)(C)C(C)(C)C(C)C)CC[C@@H]21. The molecule has 3 rings (SSSR count). The average Bonchev–Trinajstić information content (AvgIpc) is 2.90. The van der Waals surface area contributed by atoms with Crippen LogP contribution >= 0.6 is 0 Å². The fourth-order valence-corrected chi connectivity index (χ4v) is 7.91. The van der Waals surface area contributed by atoms with Crippen LogP contribution in [0, 0.1) is 11.3 Å². The normalized spacial score (nSPS) is 28.8. The molecule has 2 aliphatic carbocycles. The molecule has 1 fully saturated rings. The highest BCUT2D eigenvalue weighted by atomic mass is 28.4. The second kappa shape index (κ2) is 6.67. The molecule has 26 heavy (non-hydrogen) atoms. The zero-order chi connectivity index (χ0) is 19.3. The van der Waals surface area contributed by atoms with Crippen molar-refractivity contribution >= 4 is 8.32 Å². The Morgan fingerprint density at radius 3 is 2.50 bits per heavy atom. The lowest BCUT2D eigenvalue weighted by Gasteiger charge is -2.48. The van der Waals surface area contributed by atoms with E-state index < -0.39 is 8.32 Å². The van der Waals surface area contributed by atoms with Crippen molar-refractivity contribution in [3.05, 3.63) is 29.3 Å². The van der Waals surface area contributed by atoms with E-state index in [0.717, 1.165) is 12.2 Å². The third kappa shape index (κ3) is 3.05. The minimum absolute atomic E-state index is 0.277. The van der Waals surface area contributed by atoms with Gasteiger partial charge >= 0.3 is 0 Å². The van der Waals surface area contributed by atoms with Crippen LogP contribution in [-0.2, 0) is 10.8 Å². The molecule has 0 saturated heterocycles. The van der Waals surface area contributed by atoms with Gasteiger partial charge in [0.15, 0.2) is 8.32 Å². The Kier molecular flexibility index (Phi) is 5.11. The van der Waals surface area contributed by atoms with E-state index in [1.54, 1.807) is 12.7 Å². The number of aryl methyl sites for hydroxylation is 1. The lowest BCUT2D eigenvalue weighted by molar-refractivity contribution is 0.0520. The number of benzene rings is 1.